The van der Waals surface area contributed by atoms with Crippen LogP contribution >= 0.6 is 11.6 Å². The van der Waals surface area contributed by atoms with Crippen molar-refractivity contribution in [2.45, 2.75) is 0 Å². The van der Waals surface area contributed by atoms with Crippen LogP contribution in [0.4, 0.5) is 17.1 Å². The molecular weight excluding hydrogens is 236 g/mol. The van der Waals surface area contributed by atoms with Gasteiger partial charge in [-0.1, -0.05) is 11.6 Å². The van der Waals surface area contributed by atoms with Gasteiger partial charge in [-0.25, -0.2) is 0 Å². The third-order valence-electron chi connectivity index (χ3n) is 2.22. The van der Waals surface area contributed by atoms with E-state index in [1.165, 1.54) is 0 Å². The number of nitrogens with one attached hydrogen (secondary N) is 1. The first-order valence-electron chi connectivity index (χ1n) is 4.87. The number of benzene rings is 1. The second kappa shape index (κ2) is 4.73. The van der Waals surface area contributed by atoms with Crippen LogP contribution in [0.5, 0.6) is 0 Å². The molecule has 0 amide bonds. The Morgan fingerprint density at radius 1 is 1.29 bits per heavy atom. The van der Waals surface area contributed by atoms with Crippen molar-refractivity contribution < 1.29 is 0 Å². The fraction of sp³-hybridized carbons (Fsp3) is 0. The molecule has 1 heterocycles. The summed E-state index contributed by atoms with van der Waals surface area (Å²) >= 11 is 5.89. The van der Waals surface area contributed by atoms with E-state index in [4.69, 9.17) is 22.6 Å². The Morgan fingerprint density at radius 2 is 2.12 bits per heavy atom. The lowest BCUT2D eigenvalue weighted by Gasteiger charge is -2.10. The van der Waals surface area contributed by atoms with Crippen LogP contribution in [0.1, 0.15) is 5.56 Å². The van der Waals surface area contributed by atoms with Gasteiger partial charge in [0.25, 0.3) is 0 Å². The minimum absolute atomic E-state index is 0.505. The number of anilines is 3. The van der Waals surface area contributed by atoms with Gasteiger partial charge in [0.15, 0.2) is 0 Å². The van der Waals surface area contributed by atoms with Crippen LogP contribution in [0.2, 0.25) is 5.02 Å². The number of aromatic nitrogens is 1. The molecule has 0 spiro atoms. The molecule has 5 heteroatoms. The molecule has 1 aromatic carbocycles. The molecule has 0 aliphatic heterocycles. The monoisotopic (exact) mass is 244 g/mol. The van der Waals surface area contributed by atoms with Crippen molar-refractivity contribution in [3.05, 3.63) is 47.2 Å². The Labute approximate surface area is 104 Å². The van der Waals surface area contributed by atoms with E-state index in [0.29, 0.717) is 27.6 Å². The molecule has 84 valence electrons. The molecule has 0 atom stereocenters. The van der Waals surface area contributed by atoms with Crippen LogP contribution in [0.3, 0.4) is 0 Å². The first-order chi connectivity index (χ1) is 8.20. The van der Waals surface area contributed by atoms with Gasteiger partial charge < -0.3 is 11.1 Å². The van der Waals surface area contributed by atoms with Crippen LogP contribution in [0, 0.1) is 11.3 Å². The van der Waals surface area contributed by atoms with Gasteiger partial charge in [0.1, 0.15) is 6.07 Å². The molecule has 3 N–H and O–H groups in total. The topological polar surface area (TPSA) is 74.7 Å². The number of nitrogens with zero attached hydrogens (tertiary/aromatic N) is 2. The first kappa shape index (κ1) is 11.2. The van der Waals surface area contributed by atoms with Crippen LogP contribution < -0.4 is 11.1 Å². The van der Waals surface area contributed by atoms with Crippen LogP contribution in [-0.2, 0) is 0 Å². The molecule has 0 fully saturated rings. The fourth-order valence-electron chi connectivity index (χ4n) is 1.38. The molecule has 0 aliphatic carbocycles. The quantitative estimate of drug-likeness (QED) is 0.852. The molecule has 0 aliphatic rings. The molecule has 0 saturated heterocycles. The summed E-state index contributed by atoms with van der Waals surface area (Å²) in [5.74, 6) is 0. The third kappa shape index (κ3) is 2.47. The summed E-state index contributed by atoms with van der Waals surface area (Å²) in [7, 11) is 0. The van der Waals surface area contributed by atoms with Crippen LogP contribution in [0.15, 0.2) is 36.7 Å². The summed E-state index contributed by atoms with van der Waals surface area (Å²) in [5, 5.41) is 12.6. The maximum Gasteiger partial charge on any atom is 0.101 e. The lowest BCUT2D eigenvalue weighted by Crippen LogP contribution is -1.98. The van der Waals surface area contributed by atoms with Crippen molar-refractivity contribution in [2.75, 3.05) is 11.1 Å². The molecule has 0 radical (unpaired) electrons. The average molecular weight is 245 g/mol. The summed E-state index contributed by atoms with van der Waals surface area (Å²) < 4.78 is 0. The molecule has 2 rings (SSSR count). The van der Waals surface area contributed by atoms with Gasteiger partial charge in [-0.05, 0) is 24.3 Å². The second-order valence-corrected chi connectivity index (χ2v) is 3.83. The normalized spacial score (nSPS) is 9.65. The highest BCUT2D eigenvalue weighted by molar-refractivity contribution is 6.30. The van der Waals surface area contributed by atoms with E-state index in [-0.39, 0.29) is 0 Å². The van der Waals surface area contributed by atoms with Crippen molar-refractivity contribution >= 4 is 28.7 Å². The van der Waals surface area contributed by atoms with Gasteiger partial charge in [-0.15, -0.1) is 0 Å². The summed E-state index contributed by atoms with van der Waals surface area (Å²) in [6, 6.07) is 8.82. The van der Waals surface area contributed by atoms with Gasteiger partial charge in [-0.3, -0.25) is 4.98 Å². The molecule has 17 heavy (non-hydrogen) atoms. The van der Waals surface area contributed by atoms with Crippen LogP contribution in [0.25, 0.3) is 0 Å². The minimum atomic E-state index is 0.505. The number of nitrogens with two attached hydrogens (primary N) is 1. The molecule has 2 aromatic rings. The smallest absolute Gasteiger partial charge is 0.101 e. The van der Waals surface area contributed by atoms with E-state index in [9.17, 15) is 0 Å². The van der Waals surface area contributed by atoms with Gasteiger partial charge in [0.2, 0.25) is 0 Å². The number of pyridine rings is 1. The molecule has 0 saturated carbocycles. The number of nitriles is 1. The highest BCUT2D eigenvalue weighted by Crippen LogP contribution is 2.26. The Balaban J connectivity index is 2.40. The predicted octanol–water partition coefficient (Wildman–Crippen LogP) is 2.93. The molecule has 0 unspecified atom stereocenters. The van der Waals surface area contributed by atoms with Gasteiger partial charge in [-0.2, -0.15) is 5.26 Å². The number of hydrogen-bond donors (Lipinski definition) is 2. The van der Waals surface area contributed by atoms with E-state index in [1.807, 2.05) is 0 Å². The number of halogens is 1. The maximum absolute atomic E-state index is 8.98. The molecule has 0 bridgehead atoms. The summed E-state index contributed by atoms with van der Waals surface area (Å²) in [6.45, 7) is 0. The van der Waals surface area contributed by atoms with Gasteiger partial charge >= 0.3 is 0 Å². The Hall–Kier alpha value is -2.25. The lowest BCUT2D eigenvalue weighted by molar-refractivity contribution is 1.33. The summed E-state index contributed by atoms with van der Waals surface area (Å²) in [6.07, 6.45) is 3.16. The van der Waals surface area contributed by atoms with Gasteiger partial charge in [0, 0.05) is 11.2 Å². The number of hydrogen-bond acceptors (Lipinski definition) is 4. The lowest BCUT2D eigenvalue weighted by atomic mass is 10.2. The zero-order valence-electron chi connectivity index (χ0n) is 8.81. The van der Waals surface area contributed by atoms with E-state index in [1.54, 1.807) is 36.7 Å². The highest BCUT2D eigenvalue weighted by Gasteiger charge is 2.05. The highest BCUT2D eigenvalue weighted by atomic mass is 35.5. The first-order valence-corrected chi connectivity index (χ1v) is 5.24. The van der Waals surface area contributed by atoms with E-state index >= 15 is 0 Å². The summed E-state index contributed by atoms with van der Waals surface area (Å²) in [5.41, 5.74) is 8.09. The third-order valence-corrected chi connectivity index (χ3v) is 2.46. The zero-order valence-corrected chi connectivity index (χ0v) is 9.57. The van der Waals surface area contributed by atoms with Crippen molar-refractivity contribution in [1.29, 1.82) is 5.26 Å². The van der Waals surface area contributed by atoms with E-state index < -0.39 is 0 Å². The SMILES string of the molecule is N#Cc1ccc(Cl)cc1Nc1ccncc1N. The predicted molar refractivity (Wildman–Crippen MR) is 68.1 cm³/mol. The molecule has 1 aromatic heterocycles. The number of rotatable bonds is 2. The Morgan fingerprint density at radius 3 is 2.82 bits per heavy atom. The molecule has 4 nitrogen and oxygen atoms in total. The largest absolute Gasteiger partial charge is 0.396 e. The molecular formula is C12H9ClN4. The van der Waals surface area contributed by atoms with Crippen molar-refractivity contribution in [3.8, 4) is 6.07 Å². The Kier molecular flexibility index (Phi) is 3.12. The van der Waals surface area contributed by atoms with Crippen molar-refractivity contribution in [3.63, 3.8) is 0 Å². The van der Waals surface area contributed by atoms with Gasteiger partial charge in [0.05, 0.1) is 28.8 Å². The van der Waals surface area contributed by atoms with E-state index in [0.717, 1.165) is 0 Å². The van der Waals surface area contributed by atoms with E-state index in [2.05, 4.69) is 16.4 Å². The van der Waals surface area contributed by atoms with Crippen molar-refractivity contribution in [2.24, 2.45) is 0 Å². The fourth-order valence-corrected chi connectivity index (χ4v) is 1.56. The van der Waals surface area contributed by atoms with Crippen molar-refractivity contribution in [1.82, 2.24) is 4.98 Å². The Bertz CT molecular complexity index is 589. The number of nitrogen functional groups attached to an aromatic ring is 1. The maximum atomic E-state index is 8.98. The minimum Gasteiger partial charge on any atom is -0.396 e. The second-order valence-electron chi connectivity index (χ2n) is 3.39. The van der Waals surface area contributed by atoms with Crippen LogP contribution in [-0.4, -0.2) is 4.98 Å². The zero-order chi connectivity index (χ0) is 12.3. The standard InChI is InChI=1S/C12H9ClN4/c13-9-2-1-8(6-14)12(5-9)17-11-3-4-16-7-10(11)15/h1-5,7H,15H2,(H,16,17). The summed E-state index contributed by atoms with van der Waals surface area (Å²) in [4.78, 5) is 3.89. The average Bonchev–Trinajstić information content (AvgIpc) is 2.32.